The highest BCUT2D eigenvalue weighted by Gasteiger charge is 2.32. The van der Waals surface area contributed by atoms with E-state index >= 15 is 0 Å². The molecule has 3 rings (SSSR count). The van der Waals surface area contributed by atoms with Crippen molar-refractivity contribution < 1.29 is 9.90 Å². The predicted octanol–water partition coefficient (Wildman–Crippen LogP) is 1.68. The lowest BCUT2D eigenvalue weighted by atomic mass is 9.86. The summed E-state index contributed by atoms with van der Waals surface area (Å²) in [7, 11) is 1.77. The van der Waals surface area contributed by atoms with Crippen molar-refractivity contribution in [2.75, 3.05) is 11.6 Å². The Morgan fingerprint density at radius 2 is 2.18 bits per heavy atom. The van der Waals surface area contributed by atoms with Crippen LogP contribution in [0.25, 0.3) is 0 Å². The van der Waals surface area contributed by atoms with E-state index < -0.39 is 5.92 Å². The van der Waals surface area contributed by atoms with Gasteiger partial charge in [-0.05, 0) is 24.0 Å². The summed E-state index contributed by atoms with van der Waals surface area (Å²) in [4.78, 5) is 28.5. The van der Waals surface area contributed by atoms with Gasteiger partial charge in [-0.3, -0.25) is 9.59 Å². The number of nitrogens with one attached hydrogen (secondary N) is 1. The first-order valence-electron chi connectivity index (χ1n) is 6.75. The third-order valence-corrected chi connectivity index (χ3v) is 4.49. The number of hydrogen-bond donors (Lipinski definition) is 2. The Morgan fingerprint density at radius 3 is 2.86 bits per heavy atom. The molecule has 0 aliphatic carbocycles. The molecule has 6 nitrogen and oxygen atoms in total. The Kier molecular flexibility index (Phi) is 3.66. The Morgan fingerprint density at radius 1 is 1.41 bits per heavy atom. The van der Waals surface area contributed by atoms with E-state index in [-0.39, 0.29) is 23.6 Å². The van der Waals surface area contributed by atoms with Crippen molar-refractivity contribution >= 4 is 23.5 Å². The van der Waals surface area contributed by atoms with Gasteiger partial charge < -0.3 is 15.0 Å². The molecule has 0 bridgehead atoms. The fourth-order valence-electron chi connectivity index (χ4n) is 2.74. The van der Waals surface area contributed by atoms with Crippen LogP contribution in [0.2, 0.25) is 0 Å². The smallest absolute Gasteiger partial charge is 0.279 e. The molecule has 0 fully saturated rings. The number of anilines is 1. The first-order chi connectivity index (χ1) is 10.5. The number of fused-ring (bicyclic) bond motifs is 1. The molecular weight excluding hydrogens is 302 g/mol. The number of phenolic OH excluding ortho intramolecular Hbond substituents is 1. The molecule has 114 valence electrons. The quantitative estimate of drug-likeness (QED) is 0.650. The van der Waals surface area contributed by atoms with Crippen molar-refractivity contribution in [2.24, 2.45) is 7.05 Å². The predicted molar refractivity (Wildman–Crippen MR) is 84.5 cm³/mol. The van der Waals surface area contributed by atoms with Gasteiger partial charge in [-0.1, -0.05) is 23.9 Å². The van der Waals surface area contributed by atoms with E-state index in [1.165, 1.54) is 11.8 Å². The normalized spacial score (nSPS) is 17.0. The van der Waals surface area contributed by atoms with Crippen molar-refractivity contribution in [2.45, 2.75) is 17.5 Å². The maximum Gasteiger partial charge on any atom is 0.279 e. The Labute approximate surface area is 131 Å². The second-order valence-corrected chi connectivity index (χ2v) is 5.90. The second-order valence-electron chi connectivity index (χ2n) is 5.12. The molecule has 0 saturated carbocycles. The van der Waals surface area contributed by atoms with Gasteiger partial charge in [0.15, 0.2) is 5.16 Å². The first kappa shape index (κ1) is 14.6. The number of benzene rings is 1. The van der Waals surface area contributed by atoms with Crippen LogP contribution in [0, 0.1) is 0 Å². The van der Waals surface area contributed by atoms with E-state index in [0.717, 1.165) is 5.56 Å². The molecule has 2 N–H and O–H groups in total. The van der Waals surface area contributed by atoms with E-state index in [2.05, 4.69) is 10.3 Å². The van der Waals surface area contributed by atoms with Crippen molar-refractivity contribution in [3.63, 3.8) is 0 Å². The van der Waals surface area contributed by atoms with E-state index in [4.69, 9.17) is 0 Å². The summed E-state index contributed by atoms with van der Waals surface area (Å²) in [6.07, 6.45) is 1.98. The minimum Gasteiger partial charge on any atom is -0.508 e. The zero-order chi connectivity index (χ0) is 15.9. The Balaban J connectivity index is 2.24. The molecule has 0 unspecified atom stereocenters. The highest BCUT2D eigenvalue weighted by molar-refractivity contribution is 7.98. The first-order valence-corrected chi connectivity index (χ1v) is 7.97. The SMILES string of the molecule is CSc1nc(=O)c2c(n1C)NC(=O)C[C@@H]2c1cccc(O)c1. The molecule has 0 saturated heterocycles. The van der Waals surface area contributed by atoms with Crippen LogP contribution >= 0.6 is 11.8 Å². The Hall–Kier alpha value is -2.28. The van der Waals surface area contributed by atoms with Gasteiger partial charge in [-0.25, -0.2) is 0 Å². The summed E-state index contributed by atoms with van der Waals surface area (Å²) < 4.78 is 1.72. The molecule has 22 heavy (non-hydrogen) atoms. The maximum atomic E-state index is 12.4. The number of rotatable bonds is 2. The summed E-state index contributed by atoms with van der Waals surface area (Å²) in [5.74, 6) is 0.0246. The van der Waals surface area contributed by atoms with E-state index in [1.807, 2.05) is 6.26 Å². The number of aromatic hydroxyl groups is 1. The molecule has 1 aliphatic heterocycles. The molecule has 1 atom stereocenters. The summed E-state index contributed by atoms with van der Waals surface area (Å²) in [6.45, 7) is 0. The van der Waals surface area contributed by atoms with Crippen LogP contribution in [-0.4, -0.2) is 26.8 Å². The maximum absolute atomic E-state index is 12.4. The third-order valence-electron chi connectivity index (χ3n) is 3.76. The van der Waals surface area contributed by atoms with E-state index in [9.17, 15) is 14.7 Å². The minimum atomic E-state index is -0.405. The van der Waals surface area contributed by atoms with Gasteiger partial charge in [-0.15, -0.1) is 0 Å². The molecule has 7 heteroatoms. The van der Waals surface area contributed by atoms with Crippen LogP contribution < -0.4 is 10.9 Å². The van der Waals surface area contributed by atoms with Gasteiger partial charge >= 0.3 is 0 Å². The molecule has 1 aromatic heterocycles. The summed E-state index contributed by atoms with van der Waals surface area (Å²) in [5, 5.41) is 13.0. The molecule has 1 aromatic carbocycles. The standard InChI is InChI=1S/C15H15N3O3S/c1-18-13-12(14(21)17-15(18)22-2)10(7-11(20)16-13)8-4-3-5-9(19)6-8/h3-6,10,19H,7H2,1-2H3,(H,16,20)/t10-/m1/s1. The van der Waals surface area contributed by atoms with Crippen molar-refractivity contribution in [3.8, 4) is 5.75 Å². The molecule has 0 spiro atoms. The monoisotopic (exact) mass is 317 g/mol. The largest absolute Gasteiger partial charge is 0.508 e. The number of amides is 1. The second kappa shape index (κ2) is 5.49. The van der Waals surface area contributed by atoms with E-state index in [0.29, 0.717) is 16.5 Å². The number of carbonyl (C=O) groups excluding carboxylic acids is 1. The average molecular weight is 317 g/mol. The lowest BCUT2D eigenvalue weighted by Gasteiger charge is -2.27. The van der Waals surface area contributed by atoms with Gasteiger partial charge in [0, 0.05) is 19.4 Å². The van der Waals surface area contributed by atoms with Crippen LogP contribution in [0.3, 0.4) is 0 Å². The molecule has 2 aromatic rings. The van der Waals surface area contributed by atoms with Gasteiger partial charge in [0.05, 0.1) is 5.56 Å². The van der Waals surface area contributed by atoms with Crippen LogP contribution in [0.5, 0.6) is 5.75 Å². The molecule has 1 amide bonds. The fraction of sp³-hybridized carbons (Fsp3) is 0.267. The van der Waals surface area contributed by atoms with Crippen LogP contribution in [0.15, 0.2) is 34.2 Å². The molecule has 1 aliphatic rings. The fourth-order valence-corrected chi connectivity index (χ4v) is 3.28. The lowest BCUT2D eigenvalue weighted by Crippen LogP contribution is -2.33. The average Bonchev–Trinajstić information content (AvgIpc) is 2.50. The zero-order valence-corrected chi connectivity index (χ0v) is 13.0. The highest BCUT2D eigenvalue weighted by Crippen LogP contribution is 2.36. The lowest BCUT2D eigenvalue weighted by molar-refractivity contribution is -0.116. The zero-order valence-electron chi connectivity index (χ0n) is 12.2. The summed E-state index contributed by atoms with van der Waals surface area (Å²) >= 11 is 1.34. The van der Waals surface area contributed by atoms with Gasteiger partial charge in [0.2, 0.25) is 5.91 Å². The van der Waals surface area contributed by atoms with Gasteiger partial charge in [-0.2, -0.15) is 4.98 Å². The molecule has 0 radical (unpaired) electrons. The van der Waals surface area contributed by atoms with Crippen LogP contribution in [0.4, 0.5) is 5.82 Å². The summed E-state index contributed by atoms with van der Waals surface area (Å²) in [6, 6.07) is 6.63. The van der Waals surface area contributed by atoms with Crippen LogP contribution in [0.1, 0.15) is 23.5 Å². The molecular formula is C15H15N3O3S. The van der Waals surface area contributed by atoms with Crippen molar-refractivity contribution in [1.82, 2.24) is 9.55 Å². The third kappa shape index (κ3) is 2.37. The number of hydrogen-bond acceptors (Lipinski definition) is 5. The van der Waals surface area contributed by atoms with E-state index in [1.54, 1.807) is 35.9 Å². The highest BCUT2D eigenvalue weighted by atomic mass is 32.2. The van der Waals surface area contributed by atoms with Crippen LogP contribution in [-0.2, 0) is 11.8 Å². The topological polar surface area (TPSA) is 84.2 Å². The number of aromatic nitrogens is 2. The van der Waals surface area contributed by atoms with Crippen molar-refractivity contribution in [3.05, 3.63) is 45.7 Å². The number of phenols is 1. The minimum absolute atomic E-state index is 0.107. The number of nitrogens with zero attached hydrogens (tertiary/aromatic N) is 2. The van der Waals surface area contributed by atoms with Crippen molar-refractivity contribution in [1.29, 1.82) is 0 Å². The van der Waals surface area contributed by atoms with Gasteiger partial charge in [0.25, 0.3) is 5.56 Å². The molecule has 2 heterocycles. The van der Waals surface area contributed by atoms with Gasteiger partial charge in [0.1, 0.15) is 11.6 Å². The Bertz CT molecular complexity index is 816. The number of carbonyl (C=O) groups is 1. The number of thioether (sulfide) groups is 1. The summed E-state index contributed by atoms with van der Waals surface area (Å²) in [5.41, 5.74) is 0.850.